The first-order valence-electron chi connectivity index (χ1n) is 8.69. The lowest BCUT2D eigenvalue weighted by Gasteiger charge is -2.06. The minimum atomic E-state index is -0.466. The lowest BCUT2D eigenvalue weighted by atomic mass is 10.2. The number of carbonyl (C=O) groups excluding carboxylic acids is 1. The van der Waals surface area contributed by atoms with E-state index in [-0.39, 0.29) is 11.6 Å². The van der Waals surface area contributed by atoms with Gasteiger partial charge in [-0.2, -0.15) is 0 Å². The van der Waals surface area contributed by atoms with Gasteiger partial charge in [-0.1, -0.05) is 64.5 Å². The second kappa shape index (κ2) is 7.78. The summed E-state index contributed by atoms with van der Waals surface area (Å²) in [5, 5.41) is 19.4. The number of para-hydroxylation sites is 1. The van der Waals surface area contributed by atoms with E-state index >= 15 is 0 Å². The molecule has 5 nitrogen and oxygen atoms in total. The standard InChI is InChI=1S/C22H16BrN3O2/c23-17-12-10-16(11-13-17)21(27)25-24-20-18-8-4-5-9-19(18)26(22(20)28)14-15-6-2-1-3-7-15/h1-13,28H,14H2. The van der Waals surface area contributed by atoms with Crippen molar-refractivity contribution in [2.75, 3.05) is 0 Å². The normalized spacial score (nSPS) is 11.3. The van der Waals surface area contributed by atoms with Crippen molar-refractivity contribution in [3.05, 3.63) is 94.5 Å². The highest BCUT2D eigenvalue weighted by Gasteiger charge is 2.17. The summed E-state index contributed by atoms with van der Waals surface area (Å²) in [6.07, 6.45) is 0. The monoisotopic (exact) mass is 433 g/mol. The van der Waals surface area contributed by atoms with Crippen LogP contribution < -0.4 is 0 Å². The van der Waals surface area contributed by atoms with Crippen LogP contribution in [0.1, 0.15) is 15.9 Å². The zero-order valence-corrected chi connectivity index (χ0v) is 16.4. The number of hydrogen-bond donors (Lipinski definition) is 1. The molecule has 0 unspecified atom stereocenters. The molecule has 28 heavy (non-hydrogen) atoms. The topological polar surface area (TPSA) is 66.9 Å². The Kier molecular flexibility index (Phi) is 5.04. The van der Waals surface area contributed by atoms with Gasteiger partial charge in [0.25, 0.3) is 5.91 Å². The Labute approximate surface area is 170 Å². The molecule has 3 aromatic carbocycles. The molecule has 1 N–H and O–H groups in total. The third-order valence-corrected chi connectivity index (χ3v) is 4.96. The molecule has 0 atom stereocenters. The summed E-state index contributed by atoms with van der Waals surface area (Å²) < 4.78 is 2.64. The highest BCUT2D eigenvalue weighted by Crippen LogP contribution is 2.39. The van der Waals surface area contributed by atoms with Crippen molar-refractivity contribution >= 4 is 38.4 Å². The van der Waals surface area contributed by atoms with E-state index in [4.69, 9.17) is 0 Å². The summed E-state index contributed by atoms with van der Waals surface area (Å²) in [5.41, 5.74) is 2.60. The number of benzene rings is 3. The molecule has 4 rings (SSSR count). The molecule has 0 fully saturated rings. The quantitative estimate of drug-likeness (QED) is 0.396. The van der Waals surface area contributed by atoms with E-state index in [9.17, 15) is 9.90 Å². The highest BCUT2D eigenvalue weighted by atomic mass is 79.9. The van der Waals surface area contributed by atoms with Crippen molar-refractivity contribution < 1.29 is 9.90 Å². The molecule has 1 heterocycles. The second-order valence-corrected chi connectivity index (χ2v) is 7.19. The largest absolute Gasteiger partial charge is 0.493 e. The van der Waals surface area contributed by atoms with Crippen LogP contribution in [0.4, 0.5) is 5.69 Å². The molecule has 138 valence electrons. The van der Waals surface area contributed by atoms with E-state index in [2.05, 4.69) is 26.2 Å². The molecule has 0 bridgehead atoms. The number of nitrogens with zero attached hydrogens (tertiary/aromatic N) is 3. The third-order valence-electron chi connectivity index (χ3n) is 4.43. The lowest BCUT2D eigenvalue weighted by molar-refractivity contribution is 0.0995. The fraction of sp³-hybridized carbons (Fsp3) is 0.0455. The van der Waals surface area contributed by atoms with Gasteiger partial charge in [0.1, 0.15) is 0 Å². The van der Waals surface area contributed by atoms with Crippen molar-refractivity contribution in [1.29, 1.82) is 0 Å². The Balaban J connectivity index is 1.72. The zero-order valence-electron chi connectivity index (χ0n) is 14.8. The Morgan fingerprint density at radius 2 is 1.61 bits per heavy atom. The van der Waals surface area contributed by atoms with Gasteiger partial charge in [-0.3, -0.25) is 4.79 Å². The molecule has 1 amide bonds. The van der Waals surface area contributed by atoms with Gasteiger partial charge in [-0.05, 0) is 35.9 Å². The molecule has 4 aromatic rings. The number of aromatic nitrogens is 1. The van der Waals surface area contributed by atoms with Crippen LogP contribution in [0.25, 0.3) is 10.9 Å². The van der Waals surface area contributed by atoms with E-state index in [1.807, 2.05) is 54.6 Å². The van der Waals surface area contributed by atoms with Gasteiger partial charge in [0.2, 0.25) is 5.88 Å². The number of carbonyl (C=O) groups is 1. The molecule has 0 spiro atoms. The van der Waals surface area contributed by atoms with Crippen molar-refractivity contribution in [2.45, 2.75) is 6.54 Å². The molecule has 0 aliphatic carbocycles. The zero-order chi connectivity index (χ0) is 19.5. The van der Waals surface area contributed by atoms with Crippen molar-refractivity contribution in [1.82, 2.24) is 4.57 Å². The van der Waals surface area contributed by atoms with Gasteiger partial charge >= 0.3 is 0 Å². The summed E-state index contributed by atoms with van der Waals surface area (Å²) in [4.78, 5) is 12.3. The van der Waals surface area contributed by atoms with Crippen molar-refractivity contribution in [3.8, 4) is 5.88 Å². The van der Waals surface area contributed by atoms with Crippen LogP contribution in [0.3, 0.4) is 0 Å². The molecule has 1 aromatic heterocycles. The van der Waals surface area contributed by atoms with Gasteiger partial charge in [0.05, 0.1) is 12.1 Å². The number of fused-ring (bicyclic) bond motifs is 1. The van der Waals surface area contributed by atoms with Crippen LogP contribution in [0.5, 0.6) is 5.88 Å². The molecule has 0 aliphatic rings. The number of hydrogen-bond acceptors (Lipinski definition) is 3. The van der Waals surface area contributed by atoms with Crippen molar-refractivity contribution in [2.24, 2.45) is 10.2 Å². The van der Waals surface area contributed by atoms with Gasteiger partial charge in [0, 0.05) is 15.4 Å². The lowest BCUT2D eigenvalue weighted by Crippen LogP contribution is -1.98. The fourth-order valence-corrected chi connectivity index (χ4v) is 3.31. The van der Waals surface area contributed by atoms with Gasteiger partial charge < -0.3 is 9.67 Å². The number of azo groups is 1. The fourth-order valence-electron chi connectivity index (χ4n) is 3.04. The number of aromatic hydroxyl groups is 1. The SMILES string of the molecule is O=C(N=Nc1c(O)n(Cc2ccccc2)c2ccccc12)c1ccc(Br)cc1. The Morgan fingerprint density at radius 3 is 2.36 bits per heavy atom. The molecule has 0 saturated heterocycles. The predicted octanol–water partition coefficient (Wildman–Crippen LogP) is 6.08. The smallest absolute Gasteiger partial charge is 0.295 e. The Hall–Kier alpha value is -3.25. The van der Waals surface area contributed by atoms with Crippen LogP contribution in [-0.2, 0) is 6.54 Å². The van der Waals surface area contributed by atoms with E-state index < -0.39 is 5.91 Å². The van der Waals surface area contributed by atoms with Crippen LogP contribution in [0, 0.1) is 0 Å². The second-order valence-electron chi connectivity index (χ2n) is 6.27. The van der Waals surface area contributed by atoms with Crippen molar-refractivity contribution in [3.63, 3.8) is 0 Å². The maximum Gasteiger partial charge on any atom is 0.295 e. The molecular formula is C22H16BrN3O2. The number of rotatable bonds is 4. The van der Waals surface area contributed by atoms with Crippen LogP contribution in [0.2, 0.25) is 0 Å². The minimum Gasteiger partial charge on any atom is -0.493 e. The molecule has 0 aliphatic heterocycles. The summed E-state index contributed by atoms with van der Waals surface area (Å²) in [6.45, 7) is 0.489. The number of amides is 1. The average Bonchev–Trinajstić information content (AvgIpc) is 2.99. The average molecular weight is 434 g/mol. The first-order valence-corrected chi connectivity index (χ1v) is 9.48. The third kappa shape index (κ3) is 3.59. The molecular weight excluding hydrogens is 418 g/mol. The summed E-state index contributed by atoms with van der Waals surface area (Å²) in [6, 6.07) is 24.3. The highest BCUT2D eigenvalue weighted by molar-refractivity contribution is 9.10. The predicted molar refractivity (Wildman–Crippen MR) is 112 cm³/mol. The van der Waals surface area contributed by atoms with Crippen LogP contribution in [0.15, 0.2) is 93.6 Å². The van der Waals surface area contributed by atoms with Gasteiger partial charge in [-0.25, -0.2) is 0 Å². The maximum absolute atomic E-state index is 12.3. The minimum absolute atomic E-state index is 0.0163. The Morgan fingerprint density at radius 1 is 0.929 bits per heavy atom. The number of halogens is 1. The van der Waals surface area contributed by atoms with E-state index in [1.165, 1.54) is 0 Å². The Bertz CT molecular complexity index is 1170. The molecule has 0 saturated carbocycles. The van der Waals surface area contributed by atoms with Gasteiger partial charge in [0.15, 0.2) is 5.69 Å². The van der Waals surface area contributed by atoms with E-state index in [0.29, 0.717) is 12.1 Å². The van der Waals surface area contributed by atoms with Crippen LogP contribution in [-0.4, -0.2) is 15.6 Å². The summed E-state index contributed by atoms with van der Waals surface area (Å²) >= 11 is 3.34. The maximum atomic E-state index is 12.3. The molecule has 6 heteroatoms. The first-order chi connectivity index (χ1) is 13.6. The summed E-state index contributed by atoms with van der Waals surface area (Å²) in [7, 11) is 0. The van der Waals surface area contributed by atoms with Crippen LogP contribution >= 0.6 is 15.9 Å². The van der Waals surface area contributed by atoms with Gasteiger partial charge in [-0.15, -0.1) is 10.2 Å². The van der Waals surface area contributed by atoms with E-state index in [1.54, 1.807) is 28.8 Å². The van der Waals surface area contributed by atoms with E-state index in [0.717, 1.165) is 20.9 Å². The molecule has 0 radical (unpaired) electrons. The summed E-state index contributed by atoms with van der Waals surface area (Å²) in [5.74, 6) is -0.482. The first kappa shape index (κ1) is 18.1.